The number of carboxylic acid groups (broad SMARTS) is 2. The molecule has 0 aliphatic carbocycles. The lowest BCUT2D eigenvalue weighted by Crippen LogP contribution is -2.14. The molecule has 2 aromatic carbocycles. The van der Waals surface area contributed by atoms with Crippen LogP contribution in [0.15, 0.2) is 54.7 Å². The van der Waals surface area contributed by atoms with Gasteiger partial charge in [-0.1, -0.05) is 36.4 Å². The molecule has 0 fully saturated rings. The minimum atomic E-state index is -1.82. The van der Waals surface area contributed by atoms with Crippen LogP contribution in [0.5, 0.6) is 0 Å². The van der Waals surface area contributed by atoms with E-state index in [2.05, 4.69) is 48.4 Å². The predicted octanol–water partition coefficient (Wildman–Crippen LogP) is 2.03. The van der Waals surface area contributed by atoms with Crippen LogP contribution in [0.1, 0.15) is 23.1 Å². The highest BCUT2D eigenvalue weighted by atomic mass is 16.4. The first-order chi connectivity index (χ1) is 16.1. The maximum atomic E-state index is 10.4. The minimum Gasteiger partial charge on any atom is -0.473 e. The van der Waals surface area contributed by atoms with Gasteiger partial charge in [-0.3, -0.25) is 4.79 Å². The van der Waals surface area contributed by atoms with Crippen LogP contribution in [-0.2, 0) is 33.6 Å². The molecule has 0 atom stereocenters. The molecule has 3 aromatic rings. The molecule has 0 saturated heterocycles. The monoisotopic (exact) mass is 470 g/mol. The molecule has 0 saturated carbocycles. The molecule has 0 bridgehead atoms. The van der Waals surface area contributed by atoms with Crippen LogP contribution in [-0.4, -0.2) is 65.1 Å². The number of amides is 1. The van der Waals surface area contributed by atoms with Crippen LogP contribution in [0.2, 0.25) is 0 Å². The van der Waals surface area contributed by atoms with E-state index in [-0.39, 0.29) is 5.91 Å². The number of H-pyrrole nitrogens is 1. The second-order valence-corrected chi connectivity index (χ2v) is 7.88. The smallest absolute Gasteiger partial charge is 0.414 e. The van der Waals surface area contributed by atoms with Gasteiger partial charge in [0.25, 0.3) is 0 Å². The predicted molar refractivity (Wildman–Crippen MR) is 133 cm³/mol. The molecular weight excluding hydrogens is 436 g/mol. The van der Waals surface area contributed by atoms with Crippen LogP contribution in [0.4, 0.5) is 0 Å². The standard InChI is InChI=1S/C15H23N3.C8H9NO.C2H2O4/c1-18(2)9-7-13-11-17-15-6-5-12(4-3-8-16)10-14(13)15;9-8(10)6-7-4-2-1-3-5-7;3-1(4)2(5)6/h5-6,10-11,17H,3-4,7-9,16H2,1-2H3;1-5H,6H2,(H2,9,10);(H,3,4)(H,5,6). The van der Waals surface area contributed by atoms with Gasteiger partial charge in [-0.05, 0) is 68.7 Å². The molecule has 0 radical (unpaired) electrons. The fourth-order valence-electron chi connectivity index (χ4n) is 3.04. The summed E-state index contributed by atoms with van der Waals surface area (Å²) < 4.78 is 0. The largest absolute Gasteiger partial charge is 0.473 e. The molecule has 9 nitrogen and oxygen atoms in total. The lowest BCUT2D eigenvalue weighted by Gasteiger charge is -2.08. The topological polar surface area (TPSA) is 163 Å². The van der Waals surface area contributed by atoms with E-state index in [1.54, 1.807) is 0 Å². The summed E-state index contributed by atoms with van der Waals surface area (Å²) in [7, 11) is 4.23. The second-order valence-electron chi connectivity index (χ2n) is 7.88. The Morgan fingerprint density at radius 3 is 2.12 bits per heavy atom. The summed E-state index contributed by atoms with van der Waals surface area (Å²) in [4.78, 5) is 34.2. The van der Waals surface area contributed by atoms with Crippen molar-refractivity contribution in [1.82, 2.24) is 9.88 Å². The fourth-order valence-corrected chi connectivity index (χ4v) is 3.04. The Kier molecular flexibility index (Phi) is 12.7. The molecule has 1 amide bonds. The highest BCUT2D eigenvalue weighted by Crippen LogP contribution is 2.21. The minimum absolute atomic E-state index is 0.286. The number of aromatic nitrogens is 1. The van der Waals surface area contributed by atoms with E-state index in [1.165, 1.54) is 22.0 Å². The van der Waals surface area contributed by atoms with E-state index in [0.29, 0.717) is 6.42 Å². The second kappa shape index (κ2) is 15.2. The molecule has 0 aliphatic heterocycles. The number of aliphatic carboxylic acids is 2. The lowest BCUT2D eigenvalue weighted by molar-refractivity contribution is -0.159. The van der Waals surface area contributed by atoms with Gasteiger partial charge in [-0.2, -0.15) is 0 Å². The average molecular weight is 471 g/mol. The quantitative estimate of drug-likeness (QED) is 0.314. The van der Waals surface area contributed by atoms with E-state index in [4.69, 9.17) is 31.3 Å². The summed E-state index contributed by atoms with van der Waals surface area (Å²) >= 11 is 0. The highest BCUT2D eigenvalue weighted by molar-refractivity contribution is 6.27. The van der Waals surface area contributed by atoms with Gasteiger partial charge in [0.05, 0.1) is 6.42 Å². The van der Waals surface area contributed by atoms with Gasteiger partial charge in [0.15, 0.2) is 0 Å². The van der Waals surface area contributed by atoms with Crippen molar-refractivity contribution < 1.29 is 24.6 Å². The molecule has 0 unspecified atom stereocenters. The number of primary amides is 1. The number of rotatable bonds is 8. The number of nitrogens with two attached hydrogens (primary N) is 2. The van der Waals surface area contributed by atoms with Crippen LogP contribution in [0.3, 0.4) is 0 Å². The van der Waals surface area contributed by atoms with Crippen LogP contribution in [0, 0.1) is 0 Å². The van der Waals surface area contributed by atoms with Crippen molar-refractivity contribution in [3.63, 3.8) is 0 Å². The number of hydrogen-bond acceptors (Lipinski definition) is 5. The average Bonchev–Trinajstić information content (AvgIpc) is 3.19. The Hall–Kier alpha value is -3.69. The number of aryl methyl sites for hydroxylation is 1. The first-order valence-corrected chi connectivity index (χ1v) is 10.9. The molecule has 7 N–H and O–H groups in total. The Labute approximate surface area is 199 Å². The first-order valence-electron chi connectivity index (χ1n) is 10.9. The number of carbonyl (C=O) groups is 3. The summed E-state index contributed by atoms with van der Waals surface area (Å²) in [5.74, 6) is -3.93. The molecule has 34 heavy (non-hydrogen) atoms. The van der Waals surface area contributed by atoms with Gasteiger partial charge in [0.1, 0.15) is 0 Å². The van der Waals surface area contributed by atoms with Gasteiger partial charge in [0.2, 0.25) is 5.91 Å². The number of likely N-dealkylation sites (N-methyl/N-ethyl adjacent to an activating group) is 1. The van der Waals surface area contributed by atoms with E-state index >= 15 is 0 Å². The van der Waals surface area contributed by atoms with Crippen molar-refractivity contribution in [2.75, 3.05) is 27.2 Å². The maximum Gasteiger partial charge on any atom is 0.414 e. The number of nitrogens with one attached hydrogen (secondary N) is 1. The van der Waals surface area contributed by atoms with Gasteiger partial charge in [0, 0.05) is 23.6 Å². The first kappa shape index (κ1) is 28.3. The summed E-state index contributed by atoms with van der Waals surface area (Å²) in [5.41, 5.74) is 15.6. The van der Waals surface area contributed by atoms with Crippen LogP contribution < -0.4 is 11.5 Å². The molecular formula is C25H34N4O5. The third-order valence-corrected chi connectivity index (χ3v) is 4.73. The van der Waals surface area contributed by atoms with Crippen molar-refractivity contribution in [3.05, 3.63) is 71.4 Å². The van der Waals surface area contributed by atoms with E-state index in [1.807, 2.05) is 30.3 Å². The number of aromatic amines is 1. The number of fused-ring (bicyclic) bond motifs is 1. The van der Waals surface area contributed by atoms with Gasteiger partial charge in [-0.15, -0.1) is 0 Å². The third-order valence-electron chi connectivity index (χ3n) is 4.73. The molecule has 1 heterocycles. The summed E-state index contributed by atoms with van der Waals surface area (Å²) in [6, 6.07) is 16.1. The summed E-state index contributed by atoms with van der Waals surface area (Å²) in [6.45, 7) is 1.85. The Morgan fingerprint density at radius 1 is 0.941 bits per heavy atom. The Bertz CT molecular complexity index is 1040. The molecule has 9 heteroatoms. The number of carboxylic acids is 2. The van der Waals surface area contributed by atoms with Crippen molar-refractivity contribution >= 4 is 28.7 Å². The molecule has 1 aromatic heterocycles. The zero-order valence-corrected chi connectivity index (χ0v) is 19.7. The number of carbonyl (C=O) groups excluding carboxylic acids is 1. The van der Waals surface area contributed by atoms with Crippen LogP contribution in [0.25, 0.3) is 10.9 Å². The number of benzene rings is 2. The normalized spacial score (nSPS) is 10.1. The SMILES string of the molecule is CN(C)CCc1c[nH]c2ccc(CCCN)cc12.NC(=O)Cc1ccccc1.O=C(O)C(=O)O. The summed E-state index contributed by atoms with van der Waals surface area (Å²) in [5, 5.41) is 16.1. The maximum absolute atomic E-state index is 10.4. The lowest BCUT2D eigenvalue weighted by atomic mass is 10.0. The van der Waals surface area contributed by atoms with Crippen molar-refractivity contribution in [2.45, 2.75) is 25.7 Å². The van der Waals surface area contributed by atoms with E-state index < -0.39 is 11.9 Å². The van der Waals surface area contributed by atoms with Gasteiger partial charge in [-0.25, -0.2) is 9.59 Å². The Morgan fingerprint density at radius 2 is 1.59 bits per heavy atom. The Balaban J connectivity index is 0.000000303. The van der Waals surface area contributed by atoms with E-state index in [0.717, 1.165) is 37.9 Å². The zero-order valence-electron chi connectivity index (χ0n) is 19.7. The highest BCUT2D eigenvalue weighted by Gasteiger charge is 2.05. The van der Waals surface area contributed by atoms with Crippen molar-refractivity contribution in [1.29, 1.82) is 0 Å². The van der Waals surface area contributed by atoms with Gasteiger partial charge >= 0.3 is 11.9 Å². The van der Waals surface area contributed by atoms with Gasteiger partial charge < -0.3 is 31.6 Å². The molecule has 0 aliphatic rings. The molecule has 3 rings (SSSR count). The molecule has 184 valence electrons. The number of nitrogens with zero attached hydrogens (tertiary/aromatic N) is 1. The zero-order chi connectivity index (χ0) is 25.5. The summed E-state index contributed by atoms with van der Waals surface area (Å²) in [6.07, 6.45) is 5.70. The van der Waals surface area contributed by atoms with Crippen molar-refractivity contribution in [3.8, 4) is 0 Å². The van der Waals surface area contributed by atoms with Crippen molar-refractivity contribution in [2.24, 2.45) is 11.5 Å². The third kappa shape index (κ3) is 11.3. The fraction of sp³-hybridized carbons (Fsp3) is 0.320. The van der Waals surface area contributed by atoms with E-state index in [9.17, 15) is 4.79 Å². The van der Waals surface area contributed by atoms with Crippen LogP contribution >= 0.6 is 0 Å². The number of hydrogen-bond donors (Lipinski definition) is 5. The molecule has 0 spiro atoms.